The number of aromatic nitrogens is 1. The molecule has 0 spiro atoms. The van der Waals surface area contributed by atoms with Gasteiger partial charge in [0.05, 0.1) is 5.69 Å². The average Bonchev–Trinajstić information content (AvgIpc) is 2.35. The standard InChI is InChI=1S/C12H8BrF2N3O/c13-9-5-7(14)6-10(15)11(9)18-12(19)17-8-1-3-16-4-2-8/h1-6H,(H2,16,17,18,19). The molecule has 0 saturated carbocycles. The first-order chi connectivity index (χ1) is 9.06. The van der Waals surface area contributed by atoms with Crippen molar-refractivity contribution < 1.29 is 13.6 Å². The summed E-state index contributed by atoms with van der Waals surface area (Å²) in [5.41, 5.74) is 0.374. The van der Waals surface area contributed by atoms with Gasteiger partial charge in [-0.1, -0.05) is 0 Å². The monoisotopic (exact) mass is 327 g/mol. The van der Waals surface area contributed by atoms with Crippen LogP contribution in [0.2, 0.25) is 0 Å². The van der Waals surface area contributed by atoms with Crippen molar-refractivity contribution >= 4 is 33.3 Å². The summed E-state index contributed by atoms with van der Waals surface area (Å²) in [7, 11) is 0. The maximum atomic E-state index is 13.5. The smallest absolute Gasteiger partial charge is 0.308 e. The number of nitrogens with one attached hydrogen (secondary N) is 2. The van der Waals surface area contributed by atoms with E-state index >= 15 is 0 Å². The van der Waals surface area contributed by atoms with Crippen molar-refractivity contribution in [3.63, 3.8) is 0 Å². The third-order valence-corrected chi connectivity index (χ3v) is 2.81. The maximum absolute atomic E-state index is 13.5. The average molecular weight is 328 g/mol. The van der Waals surface area contributed by atoms with Crippen molar-refractivity contribution in [2.24, 2.45) is 0 Å². The normalized spacial score (nSPS) is 10.1. The molecule has 2 N–H and O–H groups in total. The van der Waals surface area contributed by atoms with Gasteiger partial charge in [-0.2, -0.15) is 0 Å². The van der Waals surface area contributed by atoms with Crippen molar-refractivity contribution in [3.8, 4) is 0 Å². The molecular formula is C12H8BrF2N3O. The number of pyridine rings is 1. The van der Waals surface area contributed by atoms with Gasteiger partial charge in [0, 0.05) is 28.6 Å². The predicted octanol–water partition coefficient (Wildman–Crippen LogP) is 3.77. The molecule has 0 unspecified atom stereocenters. The number of rotatable bonds is 2. The van der Waals surface area contributed by atoms with Gasteiger partial charge in [-0.25, -0.2) is 13.6 Å². The van der Waals surface area contributed by atoms with Gasteiger partial charge in [0.1, 0.15) is 5.82 Å². The van der Waals surface area contributed by atoms with Gasteiger partial charge in [-0.15, -0.1) is 0 Å². The van der Waals surface area contributed by atoms with E-state index in [-0.39, 0.29) is 10.2 Å². The third-order valence-electron chi connectivity index (χ3n) is 2.18. The van der Waals surface area contributed by atoms with Gasteiger partial charge in [0.2, 0.25) is 0 Å². The highest BCUT2D eigenvalue weighted by atomic mass is 79.9. The maximum Gasteiger partial charge on any atom is 0.323 e. The van der Waals surface area contributed by atoms with E-state index in [1.165, 1.54) is 12.4 Å². The van der Waals surface area contributed by atoms with Crippen molar-refractivity contribution in [3.05, 3.63) is 52.8 Å². The minimum atomic E-state index is -0.864. The topological polar surface area (TPSA) is 54.0 Å². The second-order valence-electron chi connectivity index (χ2n) is 3.56. The molecule has 2 aromatic rings. The second-order valence-corrected chi connectivity index (χ2v) is 4.41. The summed E-state index contributed by atoms with van der Waals surface area (Å²) in [6.07, 6.45) is 3.01. The second kappa shape index (κ2) is 5.75. The zero-order valence-electron chi connectivity index (χ0n) is 9.45. The van der Waals surface area contributed by atoms with Gasteiger partial charge in [-0.05, 0) is 34.1 Å². The number of amides is 2. The molecule has 0 radical (unpaired) electrons. The number of carbonyl (C=O) groups is 1. The lowest BCUT2D eigenvalue weighted by molar-refractivity contribution is 0.262. The molecule has 19 heavy (non-hydrogen) atoms. The highest BCUT2D eigenvalue weighted by molar-refractivity contribution is 9.10. The number of anilines is 2. The molecule has 4 nitrogen and oxygen atoms in total. The number of urea groups is 1. The van der Waals surface area contributed by atoms with Crippen LogP contribution in [0.4, 0.5) is 25.0 Å². The van der Waals surface area contributed by atoms with Crippen LogP contribution in [0.1, 0.15) is 0 Å². The van der Waals surface area contributed by atoms with Gasteiger partial charge in [-0.3, -0.25) is 4.98 Å². The largest absolute Gasteiger partial charge is 0.323 e. The van der Waals surface area contributed by atoms with Crippen molar-refractivity contribution in [2.45, 2.75) is 0 Å². The minimum absolute atomic E-state index is 0.120. The fourth-order valence-electron chi connectivity index (χ4n) is 1.37. The molecule has 0 aliphatic heterocycles. The molecule has 0 aliphatic rings. The summed E-state index contributed by atoms with van der Waals surface area (Å²) in [5, 5.41) is 4.78. The molecule has 0 atom stereocenters. The molecule has 0 bridgehead atoms. The fraction of sp³-hybridized carbons (Fsp3) is 0. The van der Waals surface area contributed by atoms with Gasteiger partial charge in [0.25, 0.3) is 0 Å². The summed E-state index contributed by atoms with van der Waals surface area (Å²) in [6, 6.07) is 4.26. The van der Waals surface area contributed by atoms with E-state index in [0.29, 0.717) is 11.8 Å². The number of carbonyl (C=O) groups excluding carboxylic acids is 1. The Morgan fingerprint density at radius 1 is 1.16 bits per heavy atom. The molecular weight excluding hydrogens is 320 g/mol. The van der Waals surface area contributed by atoms with Crippen LogP contribution in [0.25, 0.3) is 0 Å². The number of halogens is 3. The molecule has 2 rings (SSSR count). The van der Waals surface area contributed by atoms with Crippen LogP contribution < -0.4 is 10.6 Å². The van der Waals surface area contributed by atoms with Crippen LogP contribution in [0.3, 0.4) is 0 Å². The summed E-state index contributed by atoms with van der Waals surface area (Å²) < 4.78 is 26.5. The molecule has 7 heteroatoms. The quantitative estimate of drug-likeness (QED) is 0.882. The molecule has 0 aliphatic carbocycles. The van der Waals surface area contributed by atoms with E-state index in [9.17, 15) is 13.6 Å². The van der Waals surface area contributed by atoms with E-state index < -0.39 is 17.7 Å². The fourth-order valence-corrected chi connectivity index (χ4v) is 1.88. The molecule has 0 saturated heterocycles. The number of hydrogen-bond donors (Lipinski definition) is 2. The van der Waals surface area contributed by atoms with E-state index in [1.807, 2.05) is 0 Å². The Balaban J connectivity index is 2.12. The summed E-state index contributed by atoms with van der Waals surface area (Å²) in [6.45, 7) is 0. The van der Waals surface area contributed by atoms with Crippen LogP contribution in [0, 0.1) is 11.6 Å². The van der Waals surface area contributed by atoms with Gasteiger partial charge < -0.3 is 10.6 Å². The highest BCUT2D eigenvalue weighted by Crippen LogP contribution is 2.26. The number of nitrogens with zero attached hydrogens (tertiary/aromatic N) is 1. The van der Waals surface area contributed by atoms with Crippen LogP contribution in [0.15, 0.2) is 41.1 Å². The van der Waals surface area contributed by atoms with E-state index in [4.69, 9.17) is 0 Å². The Morgan fingerprint density at radius 2 is 1.84 bits per heavy atom. The Kier molecular flexibility index (Phi) is 4.06. The van der Waals surface area contributed by atoms with Gasteiger partial charge in [0.15, 0.2) is 5.82 Å². The van der Waals surface area contributed by atoms with E-state index in [2.05, 4.69) is 31.5 Å². The predicted molar refractivity (Wildman–Crippen MR) is 70.9 cm³/mol. The lowest BCUT2D eigenvalue weighted by atomic mass is 10.3. The van der Waals surface area contributed by atoms with E-state index in [0.717, 1.165) is 6.07 Å². The molecule has 2 amide bonds. The Morgan fingerprint density at radius 3 is 2.47 bits per heavy atom. The lowest BCUT2D eigenvalue weighted by Gasteiger charge is -2.10. The zero-order chi connectivity index (χ0) is 13.8. The third kappa shape index (κ3) is 3.47. The number of benzene rings is 1. The lowest BCUT2D eigenvalue weighted by Crippen LogP contribution is -2.20. The van der Waals surface area contributed by atoms with Gasteiger partial charge >= 0.3 is 6.03 Å². The van der Waals surface area contributed by atoms with Crippen LogP contribution in [-0.4, -0.2) is 11.0 Å². The van der Waals surface area contributed by atoms with Crippen LogP contribution in [-0.2, 0) is 0 Å². The number of hydrogen-bond acceptors (Lipinski definition) is 2. The van der Waals surface area contributed by atoms with Crippen LogP contribution >= 0.6 is 15.9 Å². The Hall–Kier alpha value is -2.02. The van der Waals surface area contributed by atoms with Crippen molar-refractivity contribution in [1.29, 1.82) is 0 Å². The van der Waals surface area contributed by atoms with Crippen molar-refractivity contribution in [2.75, 3.05) is 10.6 Å². The molecule has 1 aromatic carbocycles. The molecule has 98 valence electrons. The van der Waals surface area contributed by atoms with Crippen LogP contribution in [0.5, 0.6) is 0 Å². The summed E-state index contributed by atoms with van der Waals surface area (Å²) in [4.78, 5) is 15.4. The summed E-state index contributed by atoms with van der Waals surface area (Å²) in [5.74, 6) is -1.60. The first-order valence-electron chi connectivity index (χ1n) is 5.19. The first kappa shape index (κ1) is 13.4. The van der Waals surface area contributed by atoms with Crippen molar-refractivity contribution in [1.82, 2.24) is 4.98 Å². The highest BCUT2D eigenvalue weighted by Gasteiger charge is 2.12. The zero-order valence-corrected chi connectivity index (χ0v) is 11.0. The minimum Gasteiger partial charge on any atom is -0.308 e. The molecule has 0 fully saturated rings. The Labute approximate surface area is 116 Å². The molecule has 1 heterocycles. The SMILES string of the molecule is O=C(Nc1ccncc1)Nc1c(F)cc(F)cc1Br. The summed E-state index contributed by atoms with van der Waals surface area (Å²) >= 11 is 2.98. The van der Waals surface area contributed by atoms with E-state index in [1.54, 1.807) is 12.1 Å². The Bertz CT molecular complexity index is 584. The first-order valence-corrected chi connectivity index (χ1v) is 5.98. The molecule has 1 aromatic heterocycles.